The second-order valence-electron chi connectivity index (χ2n) is 5.24. The van der Waals surface area contributed by atoms with Crippen LogP contribution in [0.1, 0.15) is 25.5 Å². The highest BCUT2D eigenvalue weighted by atomic mass is 16.5. The summed E-state index contributed by atoms with van der Waals surface area (Å²) in [6.45, 7) is 5.73. The lowest BCUT2D eigenvalue weighted by atomic mass is 9.97. The monoisotopic (exact) mass is 289 g/mol. The standard InChI is InChI=1S/C14H19N5O2/c1-3-21-12(20)11-5-7-18(8-6-11)14-16-13-15-10(2)4-9-19(13)17-14/h4,9,11H,3,5-8H2,1-2H3. The molecule has 0 bridgehead atoms. The third kappa shape index (κ3) is 2.81. The van der Waals surface area contributed by atoms with Gasteiger partial charge in [-0.05, 0) is 32.8 Å². The number of hydrogen-bond donors (Lipinski definition) is 0. The van der Waals surface area contributed by atoms with Crippen LogP contribution in [0.5, 0.6) is 0 Å². The summed E-state index contributed by atoms with van der Waals surface area (Å²) >= 11 is 0. The Morgan fingerprint density at radius 3 is 2.86 bits per heavy atom. The normalized spacial score (nSPS) is 16.4. The summed E-state index contributed by atoms with van der Waals surface area (Å²) < 4.78 is 6.76. The molecule has 7 nitrogen and oxygen atoms in total. The number of piperidine rings is 1. The highest BCUT2D eigenvalue weighted by molar-refractivity contribution is 5.72. The SMILES string of the molecule is CCOC(=O)C1CCN(c2nc3nc(C)ccn3n2)CC1. The van der Waals surface area contributed by atoms with Crippen molar-refractivity contribution >= 4 is 17.7 Å². The van der Waals surface area contributed by atoms with E-state index in [-0.39, 0.29) is 11.9 Å². The number of nitrogens with zero attached hydrogens (tertiary/aromatic N) is 5. The highest BCUT2D eigenvalue weighted by Crippen LogP contribution is 2.22. The van der Waals surface area contributed by atoms with E-state index in [1.807, 2.05) is 26.1 Å². The van der Waals surface area contributed by atoms with Gasteiger partial charge in [0, 0.05) is 25.0 Å². The van der Waals surface area contributed by atoms with E-state index in [1.165, 1.54) is 0 Å². The summed E-state index contributed by atoms with van der Waals surface area (Å²) in [6, 6.07) is 1.90. The first kappa shape index (κ1) is 13.8. The maximum atomic E-state index is 11.7. The zero-order valence-corrected chi connectivity index (χ0v) is 12.3. The molecule has 21 heavy (non-hydrogen) atoms. The van der Waals surface area contributed by atoms with Crippen LogP contribution in [0.2, 0.25) is 0 Å². The van der Waals surface area contributed by atoms with Gasteiger partial charge in [0.15, 0.2) is 0 Å². The van der Waals surface area contributed by atoms with Gasteiger partial charge in [-0.2, -0.15) is 4.98 Å². The van der Waals surface area contributed by atoms with Gasteiger partial charge in [-0.1, -0.05) is 0 Å². The average Bonchev–Trinajstić information content (AvgIpc) is 2.90. The van der Waals surface area contributed by atoms with Crippen LogP contribution in [-0.2, 0) is 9.53 Å². The summed E-state index contributed by atoms with van der Waals surface area (Å²) in [5, 5.41) is 4.44. The van der Waals surface area contributed by atoms with Gasteiger partial charge < -0.3 is 9.64 Å². The van der Waals surface area contributed by atoms with Crippen LogP contribution in [0, 0.1) is 12.8 Å². The third-order valence-corrected chi connectivity index (χ3v) is 3.73. The van der Waals surface area contributed by atoms with Gasteiger partial charge in [-0.15, -0.1) is 5.10 Å². The molecule has 0 unspecified atom stereocenters. The average molecular weight is 289 g/mol. The molecule has 2 aromatic heterocycles. The van der Waals surface area contributed by atoms with Crippen LogP contribution in [0.3, 0.4) is 0 Å². The number of carbonyl (C=O) groups is 1. The second-order valence-corrected chi connectivity index (χ2v) is 5.24. The Balaban J connectivity index is 1.69. The molecule has 112 valence electrons. The minimum Gasteiger partial charge on any atom is -0.466 e. The topological polar surface area (TPSA) is 72.6 Å². The van der Waals surface area contributed by atoms with Gasteiger partial charge in [0.25, 0.3) is 5.78 Å². The van der Waals surface area contributed by atoms with E-state index in [1.54, 1.807) is 4.52 Å². The molecule has 1 fully saturated rings. The lowest BCUT2D eigenvalue weighted by Gasteiger charge is -2.29. The Kier molecular flexibility index (Phi) is 3.72. The van der Waals surface area contributed by atoms with E-state index in [0.717, 1.165) is 31.6 Å². The molecule has 0 spiro atoms. The Bertz CT molecular complexity index is 646. The summed E-state index contributed by atoms with van der Waals surface area (Å²) in [7, 11) is 0. The summed E-state index contributed by atoms with van der Waals surface area (Å²) in [6.07, 6.45) is 3.42. The van der Waals surface area contributed by atoms with Crippen molar-refractivity contribution in [1.29, 1.82) is 0 Å². The quantitative estimate of drug-likeness (QED) is 0.791. The molecule has 1 aliphatic rings. The largest absolute Gasteiger partial charge is 0.466 e. The van der Waals surface area contributed by atoms with Crippen molar-refractivity contribution in [2.75, 3.05) is 24.6 Å². The van der Waals surface area contributed by atoms with E-state index in [9.17, 15) is 4.79 Å². The lowest BCUT2D eigenvalue weighted by molar-refractivity contribution is -0.148. The van der Waals surface area contributed by atoms with E-state index < -0.39 is 0 Å². The maximum absolute atomic E-state index is 11.7. The molecule has 0 amide bonds. The summed E-state index contributed by atoms with van der Waals surface area (Å²) in [4.78, 5) is 22.6. The number of carbonyl (C=O) groups excluding carboxylic acids is 1. The number of rotatable bonds is 3. The molecule has 1 aliphatic heterocycles. The van der Waals surface area contributed by atoms with Crippen molar-refractivity contribution in [1.82, 2.24) is 19.6 Å². The second kappa shape index (κ2) is 5.67. The van der Waals surface area contributed by atoms with Gasteiger partial charge in [0.2, 0.25) is 5.95 Å². The van der Waals surface area contributed by atoms with Crippen molar-refractivity contribution in [2.45, 2.75) is 26.7 Å². The number of anilines is 1. The molecular formula is C14H19N5O2. The van der Waals surface area contributed by atoms with Crippen molar-refractivity contribution in [2.24, 2.45) is 5.92 Å². The van der Waals surface area contributed by atoms with Crippen LogP contribution in [0.4, 0.5) is 5.95 Å². The first-order chi connectivity index (χ1) is 10.2. The molecule has 7 heteroatoms. The molecular weight excluding hydrogens is 270 g/mol. The fourth-order valence-electron chi connectivity index (χ4n) is 2.56. The minimum atomic E-state index is -0.0857. The fourth-order valence-corrected chi connectivity index (χ4v) is 2.56. The van der Waals surface area contributed by atoms with E-state index in [0.29, 0.717) is 18.3 Å². The highest BCUT2D eigenvalue weighted by Gasteiger charge is 2.27. The first-order valence-corrected chi connectivity index (χ1v) is 7.29. The Hall–Kier alpha value is -2.18. The number of ether oxygens (including phenoxy) is 1. The summed E-state index contributed by atoms with van der Waals surface area (Å²) in [5.41, 5.74) is 0.919. The van der Waals surface area contributed by atoms with Crippen molar-refractivity contribution in [3.05, 3.63) is 18.0 Å². The van der Waals surface area contributed by atoms with Gasteiger partial charge in [0.05, 0.1) is 12.5 Å². The zero-order chi connectivity index (χ0) is 14.8. The van der Waals surface area contributed by atoms with Crippen molar-refractivity contribution in [3.63, 3.8) is 0 Å². The molecule has 3 heterocycles. The van der Waals surface area contributed by atoms with E-state index >= 15 is 0 Å². The lowest BCUT2D eigenvalue weighted by Crippen LogP contribution is -2.37. The smallest absolute Gasteiger partial charge is 0.309 e. The molecule has 2 aromatic rings. The number of esters is 1. The third-order valence-electron chi connectivity index (χ3n) is 3.73. The summed E-state index contributed by atoms with van der Waals surface area (Å²) in [5.74, 6) is 1.20. The Morgan fingerprint density at radius 1 is 1.38 bits per heavy atom. The van der Waals surface area contributed by atoms with Gasteiger partial charge >= 0.3 is 5.97 Å². The first-order valence-electron chi connectivity index (χ1n) is 7.29. The van der Waals surface area contributed by atoms with Crippen molar-refractivity contribution in [3.8, 4) is 0 Å². The molecule has 0 N–H and O–H groups in total. The Labute approximate surface area is 122 Å². The molecule has 0 atom stereocenters. The van der Waals surface area contributed by atoms with Gasteiger partial charge in [0.1, 0.15) is 0 Å². The number of aromatic nitrogens is 4. The molecule has 0 saturated carbocycles. The van der Waals surface area contributed by atoms with Crippen molar-refractivity contribution < 1.29 is 9.53 Å². The van der Waals surface area contributed by atoms with E-state index in [4.69, 9.17) is 4.74 Å². The van der Waals surface area contributed by atoms with Crippen LogP contribution in [0.15, 0.2) is 12.3 Å². The number of aryl methyl sites for hydroxylation is 1. The number of hydrogen-bond acceptors (Lipinski definition) is 6. The number of fused-ring (bicyclic) bond motifs is 1. The molecule has 3 rings (SSSR count). The van der Waals surface area contributed by atoms with Gasteiger partial charge in [-0.25, -0.2) is 9.50 Å². The molecule has 1 saturated heterocycles. The predicted octanol–water partition coefficient (Wildman–Crippen LogP) is 1.21. The fraction of sp³-hybridized carbons (Fsp3) is 0.571. The van der Waals surface area contributed by atoms with Gasteiger partial charge in [-0.3, -0.25) is 4.79 Å². The Morgan fingerprint density at radius 2 is 2.14 bits per heavy atom. The maximum Gasteiger partial charge on any atom is 0.309 e. The molecule has 0 radical (unpaired) electrons. The van der Waals surface area contributed by atoms with Crippen LogP contribution in [0.25, 0.3) is 5.78 Å². The molecule has 0 aliphatic carbocycles. The zero-order valence-electron chi connectivity index (χ0n) is 12.3. The van der Waals surface area contributed by atoms with Crippen LogP contribution in [-0.4, -0.2) is 45.2 Å². The van der Waals surface area contributed by atoms with Crippen LogP contribution < -0.4 is 4.90 Å². The van der Waals surface area contributed by atoms with Crippen LogP contribution >= 0.6 is 0 Å². The van der Waals surface area contributed by atoms with E-state index in [2.05, 4.69) is 20.0 Å². The molecule has 0 aromatic carbocycles. The predicted molar refractivity (Wildman–Crippen MR) is 77.1 cm³/mol. The minimum absolute atomic E-state index is 0.00130.